The molecule has 4 nitrogen and oxygen atoms in total. The van der Waals surface area contributed by atoms with E-state index in [1.54, 1.807) is 0 Å². The van der Waals surface area contributed by atoms with Crippen molar-refractivity contribution in [2.75, 3.05) is 46.1 Å². The molecule has 2 rings (SSSR count). The normalized spacial score (nSPS) is 29.1. The van der Waals surface area contributed by atoms with Crippen molar-refractivity contribution in [1.82, 2.24) is 9.21 Å². The highest BCUT2D eigenvalue weighted by Crippen LogP contribution is 2.14. The highest BCUT2D eigenvalue weighted by atomic mass is 32.1. The van der Waals surface area contributed by atoms with E-state index in [-0.39, 0.29) is 6.04 Å². The maximum absolute atomic E-state index is 5.47. The average Bonchev–Trinajstić information content (AvgIpc) is 2.30. The first-order valence-corrected chi connectivity index (χ1v) is 5.99. The third-order valence-electron chi connectivity index (χ3n) is 2.71. The number of morpholine rings is 2. The Labute approximate surface area is 101 Å². The molecule has 2 saturated heterocycles. The van der Waals surface area contributed by atoms with E-state index in [4.69, 9.17) is 21.7 Å². The van der Waals surface area contributed by atoms with E-state index in [1.807, 2.05) is 4.31 Å². The maximum atomic E-state index is 5.47. The molecule has 0 saturated carbocycles. The summed E-state index contributed by atoms with van der Waals surface area (Å²) in [6, 6.07) is 0.134. The van der Waals surface area contributed by atoms with Crippen LogP contribution in [0.25, 0.3) is 0 Å². The first-order valence-electron chi connectivity index (χ1n) is 5.19. The second-order valence-electron chi connectivity index (χ2n) is 3.69. The molecule has 0 aliphatic carbocycles. The molecule has 2 fully saturated rings. The number of hydrogen-bond donors (Lipinski definition) is 1. The third-order valence-corrected chi connectivity index (χ3v) is 3.72. The lowest BCUT2D eigenvalue weighted by Gasteiger charge is -2.38. The van der Waals surface area contributed by atoms with Crippen LogP contribution in [0.15, 0.2) is 0 Å². The van der Waals surface area contributed by atoms with Gasteiger partial charge in [0.1, 0.15) is 0 Å². The van der Waals surface area contributed by atoms with Gasteiger partial charge in [-0.25, -0.2) is 4.31 Å². The average molecular weight is 248 g/mol. The maximum Gasteiger partial charge on any atom is 0.0988 e. The smallest absolute Gasteiger partial charge is 0.0988 e. The highest BCUT2D eigenvalue weighted by molar-refractivity contribution is 7.80. The molecular formula is C9H16N2O2S2. The van der Waals surface area contributed by atoms with Gasteiger partial charge in [-0.1, -0.05) is 25.0 Å². The van der Waals surface area contributed by atoms with Gasteiger partial charge in [-0.3, -0.25) is 0 Å². The largest absolute Gasteiger partial charge is 0.378 e. The summed E-state index contributed by atoms with van der Waals surface area (Å²) in [6.07, 6.45) is 0. The highest BCUT2D eigenvalue weighted by Gasteiger charge is 2.28. The zero-order valence-corrected chi connectivity index (χ0v) is 10.3. The van der Waals surface area contributed by atoms with Crippen molar-refractivity contribution in [2.45, 2.75) is 6.04 Å². The van der Waals surface area contributed by atoms with E-state index in [2.05, 4.69) is 17.7 Å². The summed E-state index contributed by atoms with van der Waals surface area (Å²) in [5, 5.41) is 0. The van der Waals surface area contributed by atoms with Gasteiger partial charge >= 0.3 is 0 Å². The summed E-state index contributed by atoms with van der Waals surface area (Å²) in [5.41, 5.74) is 0. The molecule has 1 atom stereocenters. The molecule has 0 aromatic rings. The Morgan fingerprint density at radius 1 is 1.13 bits per heavy atom. The number of nitrogens with zero attached hydrogens (tertiary/aromatic N) is 2. The Hall–Kier alpha value is 0.120. The predicted octanol–water partition coefficient (Wildman–Crippen LogP) is 0.192. The van der Waals surface area contributed by atoms with Crippen LogP contribution < -0.4 is 0 Å². The van der Waals surface area contributed by atoms with Crippen LogP contribution in [0.1, 0.15) is 0 Å². The molecular weight excluding hydrogens is 232 g/mol. The van der Waals surface area contributed by atoms with E-state index in [1.165, 1.54) is 0 Å². The number of hydrogen-bond acceptors (Lipinski definition) is 5. The van der Waals surface area contributed by atoms with Crippen molar-refractivity contribution in [3.05, 3.63) is 0 Å². The van der Waals surface area contributed by atoms with E-state index >= 15 is 0 Å². The summed E-state index contributed by atoms with van der Waals surface area (Å²) in [7, 11) is 0. The molecule has 0 N–H and O–H groups in total. The van der Waals surface area contributed by atoms with Gasteiger partial charge in [0.25, 0.3) is 0 Å². The molecule has 2 aliphatic heterocycles. The second kappa shape index (κ2) is 5.45. The van der Waals surface area contributed by atoms with Crippen LogP contribution in [0.2, 0.25) is 0 Å². The zero-order valence-electron chi connectivity index (χ0n) is 8.59. The minimum absolute atomic E-state index is 0.134. The van der Waals surface area contributed by atoms with Crippen LogP contribution in [0.3, 0.4) is 0 Å². The quantitative estimate of drug-likeness (QED) is 0.528. The summed E-state index contributed by atoms with van der Waals surface area (Å²) in [6.45, 7) is 5.53. The van der Waals surface area contributed by atoms with Crippen molar-refractivity contribution >= 4 is 30.0 Å². The fourth-order valence-corrected chi connectivity index (χ4v) is 2.50. The molecule has 0 amide bonds. The first kappa shape index (κ1) is 11.6. The first-order chi connectivity index (χ1) is 7.29. The molecule has 0 spiro atoms. The van der Waals surface area contributed by atoms with Gasteiger partial charge in [0.05, 0.1) is 37.5 Å². The Balaban J connectivity index is 1.92. The van der Waals surface area contributed by atoms with E-state index in [9.17, 15) is 0 Å². The minimum Gasteiger partial charge on any atom is -0.378 e. The number of ether oxygens (including phenoxy) is 2. The second-order valence-corrected chi connectivity index (χ2v) is 4.62. The van der Waals surface area contributed by atoms with Gasteiger partial charge in [-0.2, -0.15) is 0 Å². The standard InChI is InChI=1S/C9H16N2O2S2/c14-9(10-1-4-12-5-2-10)8-7-13-6-3-11(8)15/h8,15H,1-7H2. The van der Waals surface area contributed by atoms with Crippen LogP contribution >= 0.6 is 25.0 Å². The molecule has 2 heterocycles. The Kier molecular flexibility index (Phi) is 4.21. The van der Waals surface area contributed by atoms with Crippen molar-refractivity contribution in [2.24, 2.45) is 0 Å². The Bertz CT molecular complexity index is 234. The lowest BCUT2D eigenvalue weighted by atomic mass is 10.2. The summed E-state index contributed by atoms with van der Waals surface area (Å²) >= 11 is 9.89. The van der Waals surface area contributed by atoms with Gasteiger partial charge in [0.15, 0.2) is 0 Å². The van der Waals surface area contributed by atoms with Gasteiger partial charge in [0, 0.05) is 19.6 Å². The van der Waals surface area contributed by atoms with Gasteiger partial charge < -0.3 is 14.4 Å². The lowest BCUT2D eigenvalue weighted by molar-refractivity contribution is 0.0447. The zero-order chi connectivity index (χ0) is 10.7. The van der Waals surface area contributed by atoms with Crippen LogP contribution in [0.4, 0.5) is 0 Å². The van der Waals surface area contributed by atoms with Gasteiger partial charge in [-0.15, -0.1) is 0 Å². The van der Waals surface area contributed by atoms with Gasteiger partial charge in [-0.05, 0) is 0 Å². The SMILES string of the molecule is S=C(C1COCCN1S)N1CCOCC1. The number of rotatable bonds is 1. The van der Waals surface area contributed by atoms with Crippen molar-refractivity contribution in [1.29, 1.82) is 0 Å². The van der Waals surface area contributed by atoms with Crippen molar-refractivity contribution in [3.8, 4) is 0 Å². The number of thiocarbonyl (C=S) groups is 1. The topological polar surface area (TPSA) is 24.9 Å². The monoisotopic (exact) mass is 248 g/mol. The van der Waals surface area contributed by atoms with Crippen LogP contribution in [-0.2, 0) is 9.47 Å². The lowest BCUT2D eigenvalue weighted by Crippen LogP contribution is -2.53. The summed E-state index contributed by atoms with van der Waals surface area (Å²) < 4.78 is 12.7. The van der Waals surface area contributed by atoms with E-state index < -0.39 is 0 Å². The van der Waals surface area contributed by atoms with Crippen LogP contribution in [-0.4, -0.2) is 66.3 Å². The predicted molar refractivity (Wildman–Crippen MR) is 65.3 cm³/mol. The fourth-order valence-electron chi connectivity index (χ4n) is 1.79. The molecule has 15 heavy (non-hydrogen) atoms. The molecule has 0 aromatic heterocycles. The van der Waals surface area contributed by atoms with Gasteiger partial charge in [0.2, 0.25) is 0 Å². The van der Waals surface area contributed by atoms with Crippen LogP contribution in [0, 0.1) is 0 Å². The molecule has 0 aromatic carbocycles. The molecule has 2 aliphatic rings. The molecule has 1 unspecified atom stereocenters. The Morgan fingerprint density at radius 3 is 2.47 bits per heavy atom. The summed E-state index contributed by atoms with van der Waals surface area (Å²) in [4.78, 5) is 3.13. The summed E-state index contributed by atoms with van der Waals surface area (Å²) in [5.74, 6) is 0. The fraction of sp³-hybridized carbons (Fsp3) is 0.889. The third kappa shape index (κ3) is 2.82. The van der Waals surface area contributed by atoms with Crippen LogP contribution in [0.5, 0.6) is 0 Å². The van der Waals surface area contributed by atoms with Crippen molar-refractivity contribution in [3.63, 3.8) is 0 Å². The molecule has 0 radical (unpaired) electrons. The van der Waals surface area contributed by atoms with E-state index in [0.29, 0.717) is 6.61 Å². The number of thiol groups is 1. The molecule has 86 valence electrons. The van der Waals surface area contributed by atoms with Crippen molar-refractivity contribution < 1.29 is 9.47 Å². The molecule has 6 heteroatoms. The molecule has 0 bridgehead atoms. The Morgan fingerprint density at radius 2 is 1.80 bits per heavy atom. The van der Waals surface area contributed by atoms with E-state index in [0.717, 1.165) is 44.4 Å². The minimum atomic E-state index is 0.134.